The minimum absolute atomic E-state index is 0.180. The van der Waals surface area contributed by atoms with Crippen LogP contribution < -0.4 is 0 Å². The number of ether oxygens (including phenoxy) is 3. The normalized spacial score (nSPS) is 19.8. The first kappa shape index (κ1) is 17.0. The smallest absolute Gasteiger partial charge is 0.412 e. The van der Waals surface area contributed by atoms with E-state index in [4.69, 9.17) is 9.47 Å². The highest BCUT2D eigenvalue weighted by Crippen LogP contribution is 2.29. The lowest BCUT2D eigenvalue weighted by Crippen LogP contribution is -2.47. The third-order valence-electron chi connectivity index (χ3n) is 3.58. The summed E-state index contributed by atoms with van der Waals surface area (Å²) in [6.07, 6.45) is 2.38. The van der Waals surface area contributed by atoms with Crippen molar-refractivity contribution in [1.29, 1.82) is 0 Å². The lowest BCUT2D eigenvalue weighted by molar-refractivity contribution is -0.134. The summed E-state index contributed by atoms with van der Waals surface area (Å²) in [5, 5.41) is 0. The second-order valence-corrected chi connectivity index (χ2v) is 5.62. The zero-order chi connectivity index (χ0) is 16.9. The third-order valence-corrected chi connectivity index (χ3v) is 3.58. The van der Waals surface area contributed by atoms with Gasteiger partial charge in [-0.05, 0) is 19.4 Å². The van der Waals surface area contributed by atoms with Gasteiger partial charge >= 0.3 is 12.1 Å². The molecule has 6 heteroatoms. The standard InChI is InChI=1S/C17H21NO5/c1-17(2)18(14(12-23-17)9-10-15(19)21-3)16(20)22-11-13-7-5-4-6-8-13/h4-10,14H,11-12H2,1-3H3/b10-9-/t14-/m1/s1. The topological polar surface area (TPSA) is 65.1 Å². The average molecular weight is 319 g/mol. The Morgan fingerprint density at radius 1 is 1.35 bits per heavy atom. The van der Waals surface area contributed by atoms with E-state index >= 15 is 0 Å². The first-order valence-electron chi connectivity index (χ1n) is 7.34. The molecule has 0 N–H and O–H groups in total. The van der Waals surface area contributed by atoms with E-state index in [1.54, 1.807) is 19.9 Å². The summed E-state index contributed by atoms with van der Waals surface area (Å²) in [5.74, 6) is -0.479. The quantitative estimate of drug-likeness (QED) is 0.630. The van der Waals surface area contributed by atoms with Crippen molar-refractivity contribution in [3.8, 4) is 0 Å². The van der Waals surface area contributed by atoms with E-state index in [2.05, 4.69) is 4.74 Å². The number of methoxy groups -OCH3 is 1. The number of carbonyl (C=O) groups is 2. The van der Waals surface area contributed by atoms with Crippen molar-refractivity contribution in [3.05, 3.63) is 48.0 Å². The van der Waals surface area contributed by atoms with Crippen LogP contribution in [-0.4, -0.2) is 42.4 Å². The van der Waals surface area contributed by atoms with Crippen LogP contribution in [0.25, 0.3) is 0 Å². The van der Waals surface area contributed by atoms with Crippen molar-refractivity contribution >= 4 is 12.1 Å². The van der Waals surface area contributed by atoms with Gasteiger partial charge in [0.05, 0.1) is 19.8 Å². The Morgan fingerprint density at radius 3 is 2.70 bits per heavy atom. The second kappa shape index (κ2) is 7.28. The van der Waals surface area contributed by atoms with Gasteiger partial charge in [0.2, 0.25) is 0 Å². The van der Waals surface area contributed by atoms with E-state index in [9.17, 15) is 9.59 Å². The zero-order valence-electron chi connectivity index (χ0n) is 13.5. The van der Waals surface area contributed by atoms with E-state index < -0.39 is 17.8 Å². The van der Waals surface area contributed by atoms with Gasteiger partial charge in [0, 0.05) is 6.08 Å². The van der Waals surface area contributed by atoms with Crippen LogP contribution in [0.4, 0.5) is 4.79 Å². The number of amides is 1. The van der Waals surface area contributed by atoms with Crippen LogP contribution in [0.5, 0.6) is 0 Å². The summed E-state index contributed by atoms with van der Waals surface area (Å²) in [7, 11) is 1.30. The molecule has 0 bridgehead atoms. The Labute approximate surface area is 135 Å². The summed E-state index contributed by atoms with van der Waals surface area (Å²) in [5.41, 5.74) is 0.0965. The van der Waals surface area contributed by atoms with Gasteiger partial charge in [0.25, 0.3) is 0 Å². The predicted octanol–water partition coefficient (Wildman–Crippen LogP) is 2.49. The lowest BCUT2D eigenvalue weighted by atomic mass is 10.2. The van der Waals surface area contributed by atoms with E-state index in [-0.39, 0.29) is 12.6 Å². The molecule has 1 aromatic rings. The molecule has 1 aliphatic heterocycles. The number of carbonyl (C=O) groups excluding carboxylic acids is 2. The Hall–Kier alpha value is -2.34. The predicted molar refractivity (Wildman–Crippen MR) is 83.4 cm³/mol. The number of hydrogen-bond donors (Lipinski definition) is 0. The Kier molecular flexibility index (Phi) is 5.39. The first-order chi connectivity index (χ1) is 10.9. The fourth-order valence-electron chi connectivity index (χ4n) is 2.38. The molecular formula is C17H21NO5. The van der Waals surface area contributed by atoms with Crippen molar-refractivity contribution in [1.82, 2.24) is 4.90 Å². The van der Waals surface area contributed by atoms with Gasteiger partial charge in [-0.2, -0.15) is 0 Å². The molecule has 1 amide bonds. The Morgan fingerprint density at radius 2 is 2.04 bits per heavy atom. The van der Waals surface area contributed by atoms with Gasteiger partial charge in [0.15, 0.2) is 0 Å². The molecule has 124 valence electrons. The summed E-state index contributed by atoms with van der Waals surface area (Å²) in [4.78, 5) is 25.1. The van der Waals surface area contributed by atoms with E-state index in [0.717, 1.165) is 5.56 Å². The monoisotopic (exact) mass is 319 g/mol. The minimum atomic E-state index is -0.807. The maximum absolute atomic E-state index is 12.4. The zero-order valence-corrected chi connectivity index (χ0v) is 13.5. The SMILES string of the molecule is COC(=O)/C=C\[C@@H]1COC(C)(C)N1C(=O)OCc1ccccc1. The van der Waals surface area contributed by atoms with E-state index in [1.165, 1.54) is 18.1 Å². The molecule has 1 aliphatic rings. The third kappa shape index (κ3) is 4.32. The van der Waals surface area contributed by atoms with Crippen LogP contribution in [0.2, 0.25) is 0 Å². The second-order valence-electron chi connectivity index (χ2n) is 5.62. The molecule has 0 aromatic heterocycles. The van der Waals surface area contributed by atoms with Crippen LogP contribution in [0, 0.1) is 0 Å². The molecule has 0 saturated carbocycles. The van der Waals surface area contributed by atoms with Crippen molar-refractivity contribution < 1.29 is 23.8 Å². The van der Waals surface area contributed by atoms with Crippen LogP contribution in [0.3, 0.4) is 0 Å². The highest BCUT2D eigenvalue weighted by atomic mass is 16.6. The summed E-state index contributed by atoms with van der Waals surface area (Å²) in [6, 6.07) is 9.05. The molecule has 0 radical (unpaired) electrons. The van der Waals surface area contributed by atoms with Gasteiger partial charge in [-0.3, -0.25) is 4.90 Å². The Balaban J connectivity index is 2.04. The van der Waals surface area contributed by atoms with Gasteiger partial charge in [-0.25, -0.2) is 9.59 Å². The average Bonchev–Trinajstić information content (AvgIpc) is 2.86. The molecule has 6 nitrogen and oxygen atoms in total. The van der Waals surface area contributed by atoms with Crippen LogP contribution >= 0.6 is 0 Å². The molecular weight excluding hydrogens is 298 g/mol. The van der Waals surface area contributed by atoms with Gasteiger partial charge in [-0.15, -0.1) is 0 Å². The molecule has 0 spiro atoms. The fourth-order valence-corrected chi connectivity index (χ4v) is 2.38. The maximum Gasteiger partial charge on any atom is 0.412 e. The van der Waals surface area contributed by atoms with Crippen molar-refractivity contribution in [2.24, 2.45) is 0 Å². The van der Waals surface area contributed by atoms with Gasteiger partial charge in [-0.1, -0.05) is 36.4 Å². The highest BCUT2D eigenvalue weighted by molar-refractivity contribution is 5.82. The van der Waals surface area contributed by atoms with Crippen LogP contribution in [-0.2, 0) is 25.6 Å². The first-order valence-corrected chi connectivity index (χ1v) is 7.34. The molecule has 0 unspecified atom stereocenters. The highest BCUT2D eigenvalue weighted by Gasteiger charge is 2.43. The maximum atomic E-state index is 12.4. The van der Waals surface area contributed by atoms with Crippen LogP contribution in [0.1, 0.15) is 19.4 Å². The van der Waals surface area contributed by atoms with Gasteiger partial charge in [0.1, 0.15) is 12.3 Å². The van der Waals surface area contributed by atoms with Crippen LogP contribution in [0.15, 0.2) is 42.5 Å². The largest absolute Gasteiger partial charge is 0.466 e. The number of hydrogen-bond acceptors (Lipinski definition) is 5. The molecule has 1 saturated heterocycles. The number of benzene rings is 1. The molecule has 1 atom stereocenters. The van der Waals surface area contributed by atoms with Crippen molar-refractivity contribution in [2.75, 3.05) is 13.7 Å². The minimum Gasteiger partial charge on any atom is -0.466 e. The Bertz CT molecular complexity index is 582. The molecule has 0 aliphatic carbocycles. The molecule has 2 rings (SSSR count). The molecule has 23 heavy (non-hydrogen) atoms. The number of nitrogens with zero attached hydrogens (tertiary/aromatic N) is 1. The van der Waals surface area contributed by atoms with Crippen molar-refractivity contribution in [2.45, 2.75) is 32.2 Å². The summed E-state index contributed by atoms with van der Waals surface area (Å²) >= 11 is 0. The number of esters is 1. The fraction of sp³-hybridized carbons (Fsp3) is 0.412. The van der Waals surface area contributed by atoms with Crippen molar-refractivity contribution in [3.63, 3.8) is 0 Å². The summed E-state index contributed by atoms with van der Waals surface area (Å²) < 4.78 is 15.6. The van der Waals surface area contributed by atoms with Gasteiger partial charge < -0.3 is 14.2 Å². The molecule has 1 heterocycles. The van der Waals surface area contributed by atoms with E-state index in [1.807, 2.05) is 30.3 Å². The number of rotatable bonds is 4. The lowest BCUT2D eigenvalue weighted by Gasteiger charge is -2.31. The summed E-state index contributed by atoms with van der Waals surface area (Å²) in [6.45, 7) is 4.03. The molecule has 1 fully saturated rings. The van der Waals surface area contributed by atoms with E-state index in [0.29, 0.717) is 6.61 Å². The molecule has 1 aromatic carbocycles.